The zero-order valence-electron chi connectivity index (χ0n) is 18.3. The monoisotopic (exact) mass is 439 g/mol. The standard InChI is InChI=1S/C24H29N3O3S/c1-17-9-10-21(24-18(2)19(3)25-30-24)15-23(17)31(28,29)26-22-11-13-27(14-12-22)16-20-7-5-4-6-8-20/h4-10,15,22,26H,11-14,16H2,1-3H3. The van der Waals surface area contributed by atoms with Gasteiger partial charge in [0.05, 0.1) is 10.6 Å². The summed E-state index contributed by atoms with van der Waals surface area (Å²) in [7, 11) is -3.63. The third kappa shape index (κ3) is 4.89. The molecule has 1 fully saturated rings. The normalized spacial score (nSPS) is 16.0. The van der Waals surface area contributed by atoms with Crippen LogP contribution in [0.4, 0.5) is 0 Å². The van der Waals surface area contributed by atoms with Crippen LogP contribution in [-0.4, -0.2) is 37.6 Å². The van der Waals surface area contributed by atoms with Crippen LogP contribution in [-0.2, 0) is 16.6 Å². The second-order valence-electron chi connectivity index (χ2n) is 8.36. The summed E-state index contributed by atoms with van der Waals surface area (Å²) in [5, 5.41) is 3.99. The molecule has 0 radical (unpaired) electrons. The van der Waals surface area contributed by atoms with E-state index >= 15 is 0 Å². The van der Waals surface area contributed by atoms with E-state index in [9.17, 15) is 8.42 Å². The van der Waals surface area contributed by atoms with Crippen molar-refractivity contribution in [1.82, 2.24) is 14.8 Å². The molecule has 0 amide bonds. The van der Waals surface area contributed by atoms with E-state index in [-0.39, 0.29) is 6.04 Å². The zero-order chi connectivity index (χ0) is 22.0. The summed E-state index contributed by atoms with van der Waals surface area (Å²) in [5.41, 5.74) is 4.45. The second-order valence-corrected chi connectivity index (χ2v) is 10.0. The smallest absolute Gasteiger partial charge is 0.241 e. The molecule has 0 atom stereocenters. The average Bonchev–Trinajstić information content (AvgIpc) is 3.09. The van der Waals surface area contributed by atoms with Crippen molar-refractivity contribution >= 4 is 10.0 Å². The van der Waals surface area contributed by atoms with Gasteiger partial charge >= 0.3 is 0 Å². The number of hydrogen-bond donors (Lipinski definition) is 1. The van der Waals surface area contributed by atoms with Crippen molar-refractivity contribution in [3.05, 3.63) is 70.9 Å². The zero-order valence-corrected chi connectivity index (χ0v) is 19.1. The van der Waals surface area contributed by atoms with Crippen LogP contribution in [0.1, 0.15) is 35.2 Å². The fraction of sp³-hybridized carbons (Fsp3) is 0.375. The van der Waals surface area contributed by atoms with E-state index in [1.807, 2.05) is 51.1 Å². The van der Waals surface area contributed by atoms with E-state index in [1.165, 1.54) is 5.56 Å². The minimum absolute atomic E-state index is 0.0608. The van der Waals surface area contributed by atoms with Gasteiger partial charge in [-0.2, -0.15) is 0 Å². The highest BCUT2D eigenvalue weighted by Crippen LogP contribution is 2.29. The van der Waals surface area contributed by atoms with Crippen LogP contribution in [0.5, 0.6) is 0 Å². The number of likely N-dealkylation sites (tertiary alicyclic amines) is 1. The van der Waals surface area contributed by atoms with Gasteiger partial charge in [0, 0.05) is 36.8 Å². The molecule has 1 aromatic heterocycles. The van der Waals surface area contributed by atoms with Crippen molar-refractivity contribution in [2.75, 3.05) is 13.1 Å². The van der Waals surface area contributed by atoms with Gasteiger partial charge in [-0.05, 0) is 50.8 Å². The first-order valence-corrected chi connectivity index (χ1v) is 12.1. The molecule has 0 aliphatic carbocycles. The number of hydrogen-bond acceptors (Lipinski definition) is 5. The van der Waals surface area contributed by atoms with E-state index in [0.717, 1.165) is 49.3 Å². The minimum atomic E-state index is -3.63. The molecule has 4 rings (SSSR count). The van der Waals surface area contributed by atoms with Crippen molar-refractivity contribution in [2.45, 2.75) is 51.1 Å². The molecule has 7 heteroatoms. The Morgan fingerprint density at radius 3 is 2.42 bits per heavy atom. The predicted molar refractivity (Wildman–Crippen MR) is 121 cm³/mol. The van der Waals surface area contributed by atoms with Crippen molar-refractivity contribution in [3.63, 3.8) is 0 Å². The lowest BCUT2D eigenvalue weighted by molar-refractivity contribution is 0.200. The Bertz CT molecular complexity index is 1150. The molecule has 31 heavy (non-hydrogen) atoms. The first-order chi connectivity index (χ1) is 14.8. The summed E-state index contributed by atoms with van der Waals surface area (Å²) in [6, 6.07) is 15.7. The number of nitrogens with one attached hydrogen (secondary N) is 1. The summed E-state index contributed by atoms with van der Waals surface area (Å²) in [6.07, 6.45) is 1.59. The van der Waals surface area contributed by atoms with Crippen LogP contribution < -0.4 is 4.72 Å². The Hall–Kier alpha value is -2.48. The molecular formula is C24H29N3O3S. The minimum Gasteiger partial charge on any atom is -0.356 e. The molecule has 2 aromatic carbocycles. The van der Waals surface area contributed by atoms with Gasteiger partial charge in [0.1, 0.15) is 0 Å². The van der Waals surface area contributed by atoms with Crippen LogP contribution in [0.2, 0.25) is 0 Å². The van der Waals surface area contributed by atoms with Crippen LogP contribution in [0.3, 0.4) is 0 Å². The van der Waals surface area contributed by atoms with Gasteiger partial charge < -0.3 is 4.52 Å². The maximum atomic E-state index is 13.2. The Labute approximate surface area is 184 Å². The van der Waals surface area contributed by atoms with Gasteiger partial charge in [0.15, 0.2) is 5.76 Å². The Morgan fingerprint density at radius 2 is 1.77 bits per heavy atom. The van der Waals surface area contributed by atoms with E-state index in [1.54, 1.807) is 6.07 Å². The second kappa shape index (κ2) is 8.94. The van der Waals surface area contributed by atoms with Crippen molar-refractivity contribution < 1.29 is 12.9 Å². The molecule has 164 valence electrons. The number of benzene rings is 2. The van der Waals surface area contributed by atoms with Crippen LogP contribution >= 0.6 is 0 Å². The van der Waals surface area contributed by atoms with E-state index < -0.39 is 10.0 Å². The fourth-order valence-corrected chi connectivity index (χ4v) is 5.62. The van der Waals surface area contributed by atoms with Gasteiger partial charge in [-0.1, -0.05) is 47.6 Å². The third-order valence-electron chi connectivity index (χ3n) is 6.06. The SMILES string of the molecule is Cc1ccc(-c2onc(C)c2C)cc1S(=O)(=O)NC1CCN(Cc2ccccc2)CC1. The van der Waals surface area contributed by atoms with Crippen LogP contribution in [0, 0.1) is 20.8 Å². The highest BCUT2D eigenvalue weighted by atomic mass is 32.2. The van der Waals surface area contributed by atoms with E-state index in [0.29, 0.717) is 16.2 Å². The van der Waals surface area contributed by atoms with Crippen molar-refractivity contribution in [3.8, 4) is 11.3 Å². The molecule has 0 spiro atoms. The fourth-order valence-electron chi connectivity index (χ4n) is 4.05. The molecule has 0 unspecified atom stereocenters. The largest absolute Gasteiger partial charge is 0.356 e. The van der Waals surface area contributed by atoms with Crippen molar-refractivity contribution in [2.24, 2.45) is 0 Å². The quantitative estimate of drug-likeness (QED) is 0.623. The number of aromatic nitrogens is 1. The molecular weight excluding hydrogens is 410 g/mol. The molecule has 2 heterocycles. The lowest BCUT2D eigenvalue weighted by atomic mass is 10.1. The van der Waals surface area contributed by atoms with Gasteiger partial charge in [0.2, 0.25) is 10.0 Å². The topological polar surface area (TPSA) is 75.4 Å². The van der Waals surface area contributed by atoms with Crippen LogP contribution in [0.15, 0.2) is 57.9 Å². The molecule has 3 aromatic rings. The molecule has 1 aliphatic heterocycles. The summed E-state index contributed by atoms with van der Waals surface area (Å²) in [4.78, 5) is 2.67. The highest BCUT2D eigenvalue weighted by Gasteiger charge is 2.26. The molecule has 1 aliphatic rings. The Balaban J connectivity index is 1.45. The first kappa shape index (κ1) is 21.7. The predicted octanol–water partition coefficient (Wildman–Crippen LogP) is 4.21. The Kier molecular flexibility index (Phi) is 6.27. The summed E-state index contributed by atoms with van der Waals surface area (Å²) in [6.45, 7) is 8.27. The molecule has 6 nitrogen and oxygen atoms in total. The molecule has 1 saturated heterocycles. The molecule has 0 bridgehead atoms. The van der Waals surface area contributed by atoms with E-state index in [2.05, 4.69) is 26.9 Å². The first-order valence-electron chi connectivity index (χ1n) is 10.7. The third-order valence-corrected chi connectivity index (χ3v) is 7.72. The van der Waals surface area contributed by atoms with Crippen LogP contribution in [0.25, 0.3) is 11.3 Å². The number of rotatable bonds is 6. The summed E-state index contributed by atoms with van der Waals surface area (Å²) >= 11 is 0. The molecule has 1 N–H and O–H groups in total. The number of aryl methyl sites for hydroxylation is 2. The van der Waals surface area contributed by atoms with Gasteiger partial charge in [0.25, 0.3) is 0 Å². The van der Waals surface area contributed by atoms with Gasteiger partial charge in [-0.15, -0.1) is 0 Å². The summed E-state index contributed by atoms with van der Waals surface area (Å²) in [5.74, 6) is 0.614. The molecule has 0 saturated carbocycles. The maximum absolute atomic E-state index is 13.2. The number of sulfonamides is 1. The summed E-state index contributed by atoms with van der Waals surface area (Å²) < 4.78 is 34.8. The maximum Gasteiger partial charge on any atom is 0.241 e. The highest BCUT2D eigenvalue weighted by molar-refractivity contribution is 7.89. The van der Waals surface area contributed by atoms with Crippen molar-refractivity contribution in [1.29, 1.82) is 0 Å². The van der Waals surface area contributed by atoms with Gasteiger partial charge in [-0.25, -0.2) is 13.1 Å². The van der Waals surface area contributed by atoms with Gasteiger partial charge in [-0.3, -0.25) is 4.90 Å². The number of piperidine rings is 1. The Morgan fingerprint density at radius 1 is 1.06 bits per heavy atom. The lowest BCUT2D eigenvalue weighted by Gasteiger charge is -2.32. The lowest BCUT2D eigenvalue weighted by Crippen LogP contribution is -2.44. The van der Waals surface area contributed by atoms with E-state index in [4.69, 9.17) is 4.52 Å². The number of nitrogens with zero attached hydrogens (tertiary/aromatic N) is 2. The average molecular weight is 440 g/mol.